The first-order valence-electron chi connectivity index (χ1n) is 4.12. The molecule has 0 radical (unpaired) electrons. The van der Waals surface area contributed by atoms with Crippen LogP contribution in [0.15, 0.2) is 5.38 Å². The lowest BCUT2D eigenvalue weighted by atomic mass is 10.2. The van der Waals surface area contributed by atoms with Gasteiger partial charge in [-0.25, -0.2) is 4.98 Å². The highest BCUT2D eigenvalue weighted by Gasteiger charge is 2.03. The minimum absolute atomic E-state index is 0.148. The first kappa shape index (κ1) is 9.98. The number of aliphatic carboxylic acids is 1. The van der Waals surface area contributed by atoms with E-state index in [9.17, 15) is 4.79 Å². The topological polar surface area (TPSA) is 62.2 Å². The molecule has 0 spiro atoms. The fourth-order valence-corrected chi connectivity index (χ4v) is 1.71. The van der Waals surface area contributed by atoms with Crippen LogP contribution in [0.25, 0.3) is 0 Å². The second-order valence-corrected chi connectivity index (χ2v) is 3.43. The number of anilines is 1. The number of hydrogen-bond donors (Lipinski definition) is 2. The molecule has 0 aliphatic carbocycles. The highest BCUT2D eigenvalue weighted by molar-refractivity contribution is 7.13. The molecule has 0 bridgehead atoms. The molecule has 0 atom stereocenters. The Morgan fingerprint density at radius 2 is 2.54 bits per heavy atom. The Morgan fingerprint density at radius 1 is 1.77 bits per heavy atom. The van der Waals surface area contributed by atoms with Gasteiger partial charge in [-0.2, -0.15) is 0 Å². The molecular formula is C8H12N2O2S. The van der Waals surface area contributed by atoms with Gasteiger partial charge < -0.3 is 10.4 Å². The zero-order valence-corrected chi connectivity index (χ0v) is 8.23. The molecule has 2 N–H and O–H groups in total. The van der Waals surface area contributed by atoms with Gasteiger partial charge in [0.1, 0.15) is 0 Å². The third kappa shape index (κ3) is 3.42. The first-order chi connectivity index (χ1) is 6.22. The standard InChI is InChI=1S/C8H12N2O2S/c1-2-9-8-10-6(5-13-8)3-4-7(11)12/h5H,2-4H2,1H3,(H,9,10)(H,11,12). The lowest BCUT2D eigenvalue weighted by molar-refractivity contribution is -0.136. The van der Waals surface area contributed by atoms with E-state index in [1.807, 2.05) is 12.3 Å². The number of nitrogens with zero attached hydrogens (tertiary/aromatic N) is 1. The molecular weight excluding hydrogens is 188 g/mol. The maximum atomic E-state index is 10.3. The molecule has 5 heteroatoms. The summed E-state index contributed by atoms with van der Waals surface area (Å²) in [6, 6.07) is 0. The molecule has 0 aromatic carbocycles. The molecule has 0 fully saturated rings. The average Bonchev–Trinajstić information content (AvgIpc) is 2.50. The zero-order valence-electron chi connectivity index (χ0n) is 7.41. The van der Waals surface area contributed by atoms with Crippen LogP contribution in [0.4, 0.5) is 5.13 Å². The number of thiazole rings is 1. The Morgan fingerprint density at radius 3 is 3.15 bits per heavy atom. The number of hydrogen-bond acceptors (Lipinski definition) is 4. The van der Waals surface area contributed by atoms with E-state index in [-0.39, 0.29) is 6.42 Å². The summed E-state index contributed by atoms with van der Waals surface area (Å²) in [5.41, 5.74) is 0.850. The van der Waals surface area contributed by atoms with Crippen molar-refractivity contribution in [1.29, 1.82) is 0 Å². The van der Waals surface area contributed by atoms with E-state index in [1.54, 1.807) is 0 Å². The number of nitrogens with one attached hydrogen (secondary N) is 1. The summed E-state index contributed by atoms with van der Waals surface area (Å²) in [5, 5.41) is 14.3. The lowest BCUT2D eigenvalue weighted by Gasteiger charge is -1.94. The molecule has 1 aromatic heterocycles. The van der Waals surface area contributed by atoms with Crippen molar-refractivity contribution in [1.82, 2.24) is 4.98 Å². The van der Waals surface area contributed by atoms with E-state index in [2.05, 4.69) is 10.3 Å². The number of aryl methyl sites for hydroxylation is 1. The summed E-state index contributed by atoms with van der Waals surface area (Å²) in [6.07, 6.45) is 0.659. The van der Waals surface area contributed by atoms with E-state index in [0.717, 1.165) is 17.4 Å². The minimum Gasteiger partial charge on any atom is -0.481 e. The largest absolute Gasteiger partial charge is 0.481 e. The van der Waals surface area contributed by atoms with E-state index in [1.165, 1.54) is 11.3 Å². The summed E-state index contributed by atoms with van der Waals surface area (Å²) in [7, 11) is 0. The number of carbonyl (C=O) groups is 1. The van der Waals surface area contributed by atoms with Crippen molar-refractivity contribution in [3.05, 3.63) is 11.1 Å². The highest BCUT2D eigenvalue weighted by Crippen LogP contribution is 2.15. The summed E-state index contributed by atoms with van der Waals surface area (Å²) in [5.74, 6) is -0.780. The van der Waals surface area contributed by atoms with Crippen LogP contribution >= 0.6 is 11.3 Å². The van der Waals surface area contributed by atoms with Gasteiger partial charge >= 0.3 is 5.97 Å². The summed E-state index contributed by atoms with van der Waals surface area (Å²) in [6.45, 7) is 2.84. The molecule has 0 saturated carbocycles. The lowest BCUT2D eigenvalue weighted by Crippen LogP contribution is -1.99. The molecule has 0 unspecified atom stereocenters. The Bertz CT molecular complexity index is 285. The zero-order chi connectivity index (χ0) is 9.68. The predicted octanol–water partition coefficient (Wildman–Crippen LogP) is 1.59. The Hall–Kier alpha value is -1.10. The van der Waals surface area contributed by atoms with Crippen molar-refractivity contribution < 1.29 is 9.90 Å². The predicted molar refractivity (Wildman–Crippen MR) is 52.2 cm³/mol. The molecule has 0 aliphatic heterocycles. The number of carboxylic acid groups (broad SMARTS) is 1. The maximum absolute atomic E-state index is 10.3. The van der Waals surface area contributed by atoms with Gasteiger partial charge in [-0.05, 0) is 6.92 Å². The van der Waals surface area contributed by atoms with Gasteiger partial charge in [0, 0.05) is 18.3 Å². The number of rotatable bonds is 5. The molecule has 0 saturated heterocycles. The molecule has 0 amide bonds. The van der Waals surface area contributed by atoms with Crippen LogP contribution in [0.1, 0.15) is 19.0 Å². The van der Waals surface area contributed by atoms with Crippen LogP contribution in [0, 0.1) is 0 Å². The molecule has 4 nitrogen and oxygen atoms in total. The average molecular weight is 200 g/mol. The fourth-order valence-electron chi connectivity index (χ4n) is 0.889. The van der Waals surface area contributed by atoms with Gasteiger partial charge in [-0.15, -0.1) is 11.3 Å². The molecule has 1 aromatic rings. The smallest absolute Gasteiger partial charge is 0.303 e. The Kier molecular flexibility index (Phi) is 3.70. The minimum atomic E-state index is -0.780. The van der Waals surface area contributed by atoms with Gasteiger partial charge in [0.05, 0.1) is 12.1 Å². The van der Waals surface area contributed by atoms with E-state index in [4.69, 9.17) is 5.11 Å². The fraction of sp³-hybridized carbons (Fsp3) is 0.500. The third-order valence-corrected chi connectivity index (χ3v) is 2.32. The second-order valence-electron chi connectivity index (χ2n) is 2.57. The molecule has 0 aliphatic rings. The quantitative estimate of drug-likeness (QED) is 0.757. The van der Waals surface area contributed by atoms with Gasteiger partial charge in [-0.1, -0.05) is 0 Å². The van der Waals surface area contributed by atoms with Crippen LogP contribution in [0.2, 0.25) is 0 Å². The van der Waals surface area contributed by atoms with Crippen molar-refractivity contribution in [3.63, 3.8) is 0 Å². The van der Waals surface area contributed by atoms with Gasteiger partial charge in [0.2, 0.25) is 0 Å². The van der Waals surface area contributed by atoms with Gasteiger partial charge in [0.15, 0.2) is 5.13 Å². The van der Waals surface area contributed by atoms with Crippen LogP contribution < -0.4 is 5.32 Å². The second kappa shape index (κ2) is 4.81. The monoisotopic (exact) mass is 200 g/mol. The molecule has 72 valence electrons. The molecule has 13 heavy (non-hydrogen) atoms. The van der Waals surface area contributed by atoms with Crippen LogP contribution in [0.3, 0.4) is 0 Å². The van der Waals surface area contributed by atoms with Crippen LogP contribution in [0.5, 0.6) is 0 Å². The molecule has 1 heterocycles. The van der Waals surface area contributed by atoms with E-state index >= 15 is 0 Å². The number of aromatic nitrogens is 1. The summed E-state index contributed by atoms with van der Waals surface area (Å²) < 4.78 is 0. The Labute approximate surface area is 80.6 Å². The Balaban J connectivity index is 2.44. The summed E-state index contributed by atoms with van der Waals surface area (Å²) in [4.78, 5) is 14.5. The maximum Gasteiger partial charge on any atom is 0.303 e. The SMILES string of the molecule is CCNc1nc(CCC(=O)O)cs1. The first-order valence-corrected chi connectivity index (χ1v) is 5.00. The van der Waals surface area contributed by atoms with Crippen LogP contribution in [-0.4, -0.2) is 22.6 Å². The van der Waals surface area contributed by atoms with Gasteiger partial charge in [-0.3, -0.25) is 4.79 Å². The van der Waals surface area contributed by atoms with Crippen molar-refractivity contribution in [2.24, 2.45) is 0 Å². The van der Waals surface area contributed by atoms with Crippen LogP contribution in [-0.2, 0) is 11.2 Å². The summed E-state index contributed by atoms with van der Waals surface area (Å²) >= 11 is 1.51. The van der Waals surface area contributed by atoms with Crippen molar-refractivity contribution in [2.75, 3.05) is 11.9 Å². The number of carboxylic acids is 1. The van der Waals surface area contributed by atoms with E-state index in [0.29, 0.717) is 6.42 Å². The van der Waals surface area contributed by atoms with Gasteiger partial charge in [0.25, 0.3) is 0 Å². The van der Waals surface area contributed by atoms with E-state index < -0.39 is 5.97 Å². The van der Waals surface area contributed by atoms with Crippen molar-refractivity contribution in [2.45, 2.75) is 19.8 Å². The normalized spacial score (nSPS) is 9.92. The molecule has 1 rings (SSSR count). The third-order valence-electron chi connectivity index (χ3n) is 1.47. The van der Waals surface area contributed by atoms with Crippen molar-refractivity contribution in [3.8, 4) is 0 Å². The highest BCUT2D eigenvalue weighted by atomic mass is 32.1. The van der Waals surface area contributed by atoms with Crippen molar-refractivity contribution >= 4 is 22.4 Å².